The zero-order valence-corrected chi connectivity index (χ0v) is 15.6. The summed E-state index contributed by atoms with van der Waals surface area (Å²) in [5.41, 5.74) is 3.96. The Bertz CT molecular complexity index is 806. The number of methoxy groups -OCH3 is 2. The number of hydrogen-bond acceptors (Lipinski definition) is 5. The van der Waals surface area contributed by atoms with Crippen LogP contribution in [0.1, 0.15) is 27.0 Å². The van der Waals surface area contributed by atoms with Crippen molar-refractivity contribution in [2.75, 3.05) is 26.1 Å². The largest absolute Gasteiger partial charge is 0.493 e. The zero-order chi connectivity index (χ0) is 19.3. The van der Waals surface area contributed by atoms with Crippen molar-refractivity contribution in [3.8, 4) is 11.5 Å². The topological polar surface area (TPSA) is 73.9 Å². The fourth-order valence-electron chi connectivity index (χ4n) is 2.81. The summed E-state index contributed by atoms with van der Waals surface area (Å²) in [6.07, 6.45) is 0. The predicted molar refractivity (Wildman–Crippen MR) is 99.1 cm³/mol. The standard InChI is InChI=1S/C20H23NO5/c1-12-9-13(2)18(14(3)10-12)21-17(22)11-26-20(23)15-7-6-8-16(24-4)19(15)25-5/h6-10H,11H2,1-5H3,(H,21,22). The van der Waals surface area contributed by atoms with E-state index in [-0.39, 0.29) is 11.3 Å². The summed E-state index contributed by atoms with van der Waals surface area (Å²) in [6, 6.07) is 8.84. The van der Waals surface area contributed by atoms with Gasteiger partial charge in [0, 0.05) is 5.69 Å². The lowest BCUT2D eigenvalue weighted by Crippen LogP contribution is -2.22. The Hall–Kier alpha value is -3.02. The molecular formula is C20H23NO5. The van der Waals surface area contributed by atoms with Crippen molar-refractivity contribution in [2.24, 2.45) is 0 Å². The highest BCUT2D eigenvalue weighted by Crippen LogP contribution is 2.31. The Morgan fingerprint density at radius 1 is 1.00 bits per heavy atom. The number of hydrogen-bond donors (Lipinski definition) is 1. The van der Waals surface area contributed by atoms with Gasteiger partial charge in [0.1, 0.15) is 5.56 Å². The minimum atomic E-state index is -0.659. The first-order chi connectivity index (χ1) is 12.4. The smallest absolute Gasteiger partial charge is 0.342 e. The Balaban J connectivity index is 2.05. The number of para-hydroxylation sites is 1. The summed E-state index contributed by atoms with van der Waals surface area (Å²) < 4.78 is 15.5. The number of amides is 1. The number of benzene rings is 2. The maximum atomic E-state index is 12.3. The molecule has 0 fully saturated rings. The fourth-order valence-corrected chi connectivity index (χ4v) is 2.81. The molecule has 0 heterocycles. The molecule has 2 aromatic rings. The Morgan fingerprint density at radius 3 is 2.23 bits per heavy atom. The molecule has 1 amide bonds. The number of aryl methyl sites for hydroxylation is 3. The minimum absolute atomic E-state index is 0.197. The van der Waals surface area contributed by atoms with Crippen LogP contribution in [0.15, 0.2) is 30.3 Å². The molecule has 0 aromatic heterocycles. The van der Waals surface area contributed by atoms with Crippen LogP contribution in [0, 0.1) is 20.8 Å². The Kier molecular flexibility index (Phi) is 6.22. The van der Waals surface area contributed by atoms with Crippen LogP contribution in [-0.4, -0.2) is 32.7 Å². The molecule has 0 saturated heterocycles. The number of ether oxygens (including phenoxy) is 3. The van der Waals surface area contributed by atoms with E-state index >= 15 is 0 Å². The molecule has 0 radical (unpaired) electrons. The van der Waals surface area contributed by atoms with Crippen LogP contribution in [0.25, 0.3) is 0 Å². The summed E-state index contributed by atoms with van der Waals surface area (Å²) in [4.78, 5) is 24.5. The van der Waals surface area contributed by atoms with Crippen molar-refractivity contribution in [3.05, 3.63) is 52.6 Å². The predicted octanol–water partition coefficient (Wildman–Crippen LogP) is 3.42. The molecule has 0 saturated carbocycles. The van der Waals surface area contributed by atoms with Gasteiger partial charge < -0.3 is 19.5 Å². The molecule has 0 aliphatic rings. The molecule has 2 rings (SSSR count). The van der Waals surface area contributed by atoms with E-state index in [0.29, 0.717) is 5.75 Å². The average molecular weight is 357 g/mol. The second kappa shape index (κ2) is 8.38. The van der Waals surface area contributed by atoms with Crippen molar-refractivity contribution in [1.29, 1.82) is 0 Å². The third-order valence-corrected chi connectivity index (χ3v) is 3.90. The number of carbonyl (C=O) groups is 2. The first-order valence-electron chi connectivity index (χ1n) is 8.13. The maximum absolute atomic E-state index is 12.3. The lowest BCUT2D eigenvalue weighted by molar-refractivity contribution is -0.119. The van der Waals surface area contributed by atoms with Crippen molar-refractivity contribution >= 4 is 17.6 Å². The van der Waals surface area contributed by atoms with Crippen LogP contribution < -0.4 is 14.8 Å². The molecule has 0 unspecified atom stereocenters. The van der Waals surface area contributed by atoms with Crippen LogP contribution >= 0.6 is 0 Å². The number of anilines is 1. The third kappa shape index (κ3) is 4.33. The van der Waals surface area contributed by atoms with E-state index in [1.165, 1.54) is 14.2 Å². The van der Waals surface area contributed by atoms with Crippen LogP contribution in [0.5, 0.6) is 11.5 Å². The second-order valence-electron chi connectivity index (χ2n) is 5.94. The first kappa shape index (κ1) is 19.3. The molecule has 1 N–H and O–H groups in total. The minimum Gasteiger partial charge on any atom is -0.493 e. The van der Waals surface area contributed by atoms with Crippen molar-refractivity contribution in [3.63, 3.8) is 0 Å². The van der Waals surface area contributed by atoms with Gasteiger partial charge in [-0.1, -0.05) is 23.8 Å². The number of rotatable bonds is 6. The van der Waals surface area contributed by atoms with E-state index in [0.717, 1.165) is 22.4 Å². The molecule has 0 atom stereocenters. The van der Waals surface area contributed by atoms with Crippen molar-refractivity contribution < 1.29 is 23.8 Å². The monoisotopic (exact) mass is 357 g/mol. The van der Waals surface area contributed by atoms with E-state index in [9.17, 15) is 9.59 Å². The van der Waals surface area contributed by atoms with Gasteiger partial charge in [-0.05, 0) is 44.0 Å². The van der Waals surface area contributed by atoms with Gasteiger partial charge in [-0.15, -0.1) is 0 Å². The van der Waals surface area contributed by atoms with Gasteiger partial charge in [0.15, 0.2) is 18.1 Å². The Labute approximate surface area is 153 Å². The second-order valence-corrected chi connectivity index (χ2v) is 5.94. The van der Waals surface area contributed by atoms with E-state index in [2.05, 4.69) is 5.32 Å². The molecule has 138 valence electrons. The van der Waals surface area contributed by atoms with Gasteiger partial charge in [0.05, 0.1) is 14.2 Å². The first-order valence-corrected chi connectivity index (χ1v) is 8.13. The zero-order valence-electron chi connectivity index (χ0n) is 15.6. The number of esters is 1. The summed E-state index contributed by atoms with van der Waals surface area (Å²) in [5.74, 6) is -0.383. The lowest BCUT2D eigenvalue weighted by Gasteiger charge is -2.14. The van der Waals surface area contributed by atoms with E-state index in [4.69, 9.17) is 14.2 Å². The Morgan fingerprint density at radius 2 is 1.65 bits per heavy atom. The molecule has 0 bridgehead atoms. The quantitative estimate of drug-likeness (QED) is 0.802. The maximum Gasteiger partial charge on any atom is 0.342 e. The van der Waals surface area contributed by atoms with E-state index in [1.807, 2.05) is 32.9 Å². The summed E-state index contributed by atoms with van der Waals surface area (Å²) in [6.45, 7) is 5.44. The summed E-state index contributed by atoms with van der Waals surface area (Å²) in [5, 5.41) is 2.79. The van der Waals surface area contributed by atoms with E-state index in [1.54, 1.807) is 18.2 Å². The molecular weight excluding hydrogens is 334 g/mol. The number of carbonyl (C=O) groups excluding carboxylic acids is 2. The molecule has 0 aliphatic carbocycles. The van der Waals surface area contributed by atoms with Crippen molar-refractivity contribution in [2.45, 2.75) is 20.8 Å². The third-order valence-electron chi connectivity index (χ3n) is 3.90. The van der Waals surface area contributed by atoms with Gasteiger partial charge in [-0.3, -0.25) is 4.79 Å². The number of nitrogens with one attached hydrogen (secondary N) is 1. The summed E-state index contributed by atoms with van der Waals surface area (Å²) in [7, 11) is 2.91. The van der Waals surface area contributed by atoms with Crippen LogP contribution in [0.2, 0.25) is 0 Å². The van der Waals surface area contributed by atoms with Crippen LogP contribution in [0.3, 0.4) is 0 Å². The molecule has 26 heavy (non-hydrogen) atoms. The van der Waals surface area contributed by atoms with Gasteiger partial charge in [0.25, 0.3) is 5.91 Å². The average Bonchev–Trinajstić information content (AvgIpc) is 2.61. The molecule has 6 nitrogen and oxygen atoms in total. The summed E-state index contributed by atoms with van der Waals surface area (Å²) >= 11 is 0. The molecule has 2 aromatic carbocycles. The fraction of sp³-hybridized carbons (Fsp3) is 0.300. The lowest BCUT2D eigenvalue weighted by atomic mass is 10.1. The highest BCUT2D eigenvalue weighted by Gasteiger charge is 2.19. The molecule has 0 aliphatic heterocycles. The van der Waals surface area contributed by atoms with Crippen molar-refractivity contribution in [1.82, 2.24) is 0 Å². The van der Waals surface area contributed by atoms with Crippen LogP contribution in [0.4, 0.5) is 5.69 Å². The molecule has 0 spiro atoms. The molecule has 6 heteroatoms. The highest BCUT2D eigenvalue weighted by molar-refractivity contribution is 5.98. The SMILES string of the molecule is COc1cccc(C(=O)OCC(=O)Nc2c(C)cc(C)cc2C)c1OC. The van der Waals surface area contributed by atoms with Gasteiger partial charge in [-0.2, -0.15) is 0 Å². The van der Waals surface area contributed by atoms with Gasteiger partial charge in [-0.25, -0.2) is 4.79 Å². The highest BCUT2D eigenvalue weighted by atomic mass is 16.5. The van der Waals surface area contributed by atoms with Gasteiger partial charge >= 0.3 is 5.97 Å². The normalized spacial score (nSPS) is 10.2. The van der Waals surface area contributed by atoms with E-state index < -0.39 is 18.5 Å². The van der Waals surface area contributed by atoms with Gasteiger partial charge in [0.2, 0.25) is 0 Å². The van der Waals surface area contributed by atoms with Crippen LogP contribution in [-0.2, 0) is 9.53 Å².